The van der Waals surface area contributed by atoms with E-state index in [0.29, 0.717) is 32.1 Å². The molecule has 0 unspecified atom stereocenters. The molecule has 0 saturated carbocycles. The average Bonchev–Trinajstić information content (AvgIpc) is 3.09. The largest absolute Gasteiger partial charge is 0.482 e. The van der Waals surface area contributed by atoms with Gasteiger partial charge in [-0.25, -0.2) is 4.79 Å². The van der Waals surface area contributed by atoms with Gasteiger partial charge in [0.25, 0.3) is 5.91 Å². The molecule has 1 amide bonds. The van der Waals surface area contributed by atoms with Crippen molar-refractivity contribution in [1.82, 2.24) is 4.90 Å². The van der Waals surface area contributed by atoms with E-state index in [-0.39, 0.29) is 19.1 Å². The topological polar surface area (TPSA) is 78.2 Å². The fourth-order valence-corrected chi connectivity index (χ4v) is 3.56. The molecule has 0 atom stereocenters. The maximum absolute atomic E-state index is 12.0. The Balaban J connectivity index is 1.30. The minimum atomic E-state index is -0.564. The fourth-order valence-electron chi connectivity index (χ4n) is 3.56. The summed E-state index contributed by atoms with van der Waals surface area (Å²) in [6.45, 7) is 1.59. The predicted octanol–water partition coefficient (Wildman–Crippen LogP) is 2.09. The number of nitrogens with zero attached hydrogens (tertiary/aromatic N) is 1. The highest BCUT2D eigenvalue weighted by Crippen LogP contribution is 2.33. The second kappa shape index (κ2) is 8.00. The first-order valence-corrected chi connectivity index (χ1v) is 9.39. The summed E-state index contributed by atoms with van der Waals surface area (Å²) in [5, 5.41) is 1.05. The van der Waals surface area contributed by atoms with Gasteiger partial charge in [-0.2, -0.15) is 0 Å². The smallest absolute Gasteiger partial charge is 0.344 e. The van der Waals surface area contributed by atoms with Gasteiger partial charge in [-0.3, -0.25) is 4.79 Å². The molecule has 2 heterocycles. The maximum atomic E-state index is 12.0. The van der Waals surface area contributed by atoms with Crippen molar-refractivity contribution in [2.45, 2.75) is 25.7 Å². The lowest BCUT2D eigenvalue weighted by molar-refractivity contribution is -0.155. The van der Waals surface area contributed by atoms with Gasteiger partial charge in [-0.1, -0.05) is 0 Å². The van der Waals surface area contributed by atoms with Gasteiger partial charge in [-0.05, 0) is 37.5 Å². The number of hydrogen-bond acceptors (Lipinski definition) is 6. The van der Waals surface area contributed by atoms with Gasteiger partial charge in [0.15, 0.2) is 13.2 Å². The van der Waals surface area contributed by atoms with Crippen LogP contribution < -0.4 is 4.74 Å². The summed E-state index contributed by atoms with van der Waals surface area (Å²) in [7, 11) is 0. The normalized spacial score (nSPS) is 16.8. The second-order valence-electron chi connectivity index (χ2n) is 6.81. The van der Waals surface area contributed by atoms with Crippen molar-refractivity contribution in [3.8, 4) is 5.75 Å². The SMILES string of the molecule is O=C(COc1ccc2oc3c(c2c1)CCCC3)OCC(=O)N1CCOCC1. The van der Waals surface area contributed by atoms with E-state index in [4.69, 9.17) is 18.6 Å². The van der Waals surface area contributed by atoms with Crippen molar-refractivity contribution in [3.05, 3.63) is 29.5 Å². The minimum Gasteiger partial charge on any atom is -0.482 e. The van der Waals surface area contributed by atoms with Crippen LogP contribution >= 0.6 is 0 Å². The Morgan fingerprint density at radius 3 is 2.74 bits per heavy atom. The van der Waals surface area contributed by atoms with Gasteiger partial charge in [0, 0.05) is 30.5 Å². The summed E-state index contributed by atoms with van der Waals surface area (Å²) >= 11 is 0. The number of benzene rings is 1. The highest BCUT2D eigenvalue weighted by atomic mass is 16.6. The summed E-state index contributed by atoms with van der Waals surface area (Å²) in [6.07, 6.45) is 4.31. The van der Waals surface area contributed by atoms with Gasteiger partial charge in [-0.15, -0.1) is 0 Å². The average molecular weight is 373 g/mol. The fraction of sp³-hybridized carbons (Fsp3) is 0.500. The number of fused-ring (bicyclic) bond motifs is 3. The first-order chi connectivity index (χ1) is 13.2. The van der Waals surface area contributed by atoms with E-state index < -0.39 is 5.97 Å². The van der Waals surface area contributed by atoms with Crippen LogP contribution in [0.3, 0.4) is 0 Å². The van der Waals surface area contributed by atoms with Crippen molar-refractivity contribution in [1.29, 1.82) is 0 Å². The molecule has 0 N–H and O–H groups in total. The first-order valence-electron chi connectivity index (χ1n) is 9.39. The van der Waals surface area contributed by atoms with Crippen molar-refractivity contribution in [2.24, 2.45) is 0 Å². The summed E-state index contributed by atoms with van der Waals surface area (Å²) in [5.74, 6) is 0.881. The number of ether oxygens (including phenoxy) is 3. The summed E-state index contributed by atoms with van der Waals surface area (Å²) in [6, 6.07) is 5.56. The number of amides is 1. The van der Waals surface area contributed by atoms with Crippen LogP contribution in [0, 0.1) is 0 Å². The molecule has 1 fully saturated rings. The van der Waals surface area contributed by atoms with E-state index in [1.807, 2.05) is 12.1 Å². The van der Waals surface area contributed by atoms with Crippen LogP contribution in [0.5, 0.6) is 5.75 Å². The van der Waals surface area contributed by atoms with Crippen molar-refractivity contribution in [3.63, 3.8) is 0 Å². The monoisotopic (exact) mass is 373 g/mol. The molecular weight excluding hydrogens is 350 g/mol. The van der Waals surface area contributed by atoms with Crippen molar-refractivity contribution < 1.29 is 28.2 Å². The lowest BCUT2D eigenvalue weighted by Gasteiger charge is -2.26. The lowest BCUT2D eigenvalue weighted by Crippen LogP contribution is -2.42. The van der Waals surface area contributed by atoms with Crippen LogP contribution in [0.25, 0.3) is 11.0 Å². The van der Waals surface area contributed by atoms with E-state index in [2.05, 4.69) is 0 Å². The van der Waals surface area contributed by atoms with E-state index >= 15 is 0 Å². The number of morpholine rings is 1. The molecule has 7 heteroatoms. The van der Waals surface area contributed by atoms with E-state index in [1.54, 1.807) is 11.0 Å². The molecule has 0 radical (unpaired) electrons. The third-order valence-electron chi connectivity index (χ3n) is 5.00. The molecule has 1 aromatic carbocycles. The highest BCUT2D eigenvalue weighted by molar-refractivity contribution is 5.84. The summed E-state index contributed by atoms with van der Waals surface area (Å²) < 4.78 is 21.7. The Morgan fingerprint density at radius 1 is 1.07 bits per heavy atom. The quantitative estimate of drug-likeness (QED) is 0.747. The molecular formula is C20H23NO6. The van der Waals surface area contributed by atoms with E-state index in [0.717, 1.165) is 42.4 Å². The molecule has 1 saturated heterocycles. The van der Waals surface area contributed by atoms with Crippen LogP contribution in [0.15, 0.2) is 22.6 Å². The minimum absolute atomic E-state index is 0.210. The van der Waals surface area contributed by atoms with Crippen LogP contribution in [-0.4, -0.2) is 56.3 Å². The molecule has 1 aliphatic carbocycles. The number of carbonyl (C=O) groups is 2. The lowest BCUT2D eigenvalue weighted by atomic mass is 9.96. The van der Waals surface area contributed by atoms with Gasteiger partial charge in [0.2, 0.25) is 0 Å². The van der Waals surface area contributed by atoms with Gasteiger partial charge in [0.05, 0.1) is 13.2 Å². The van der Waals surface area contributed by atoms with Crippen molar-refractivity contribution >= 4 is 22.8 Å². The molecule has 2 aromatic rings. The van der Waals surface area contributed by atoms with Crippen LogP contribution in [0.1, 0.15) is 24.2 Å². The molecule has 27 heavy (non-hydrogen) atoms. The Hall–Kier alpha value is -2.54. The zero-order chi connectivity index (χ0) is 18.6. The predicted molar refractivity (Wildman–Crippen MR) is 96.7 cm³/mol. The Bertz CT molecular complexity index is 836. The first kappa shape index (κ1) is 17.9. The van der Waals surface area contributed by atoms with Crippen LogP contribution in [0.4, 0.5) is 0 Å². The number of rotatable bonds is 5. The third-order valence-corrected chi connectivity index (χ3v) is 5.00. The molecule has 4 rings (SSSR count). The second-order valence-corrected chi connectivity index (χ2v) is 6.81. The van der Waals surface area contributed by atoms with E-state index in [1.165, 1.54) is 5.56 Å². The molecule has 2 aliphatic rings. The highest BCUT2D eigenvalue weighted by Gasteiger charge is 2.20. The van der Waals surface area contributed by atoms with Crippen LogP contribution in [0.2, 0.25) is 0 Å². The molecule has 1 aliphatic heterocycles. The van der Waals surface area contributed by atoms with E-state index in [9.17, 15) is 9.59 Å². The van der Waals surface area contributed by atoms with Gasteiger partial charge < -0.3 is 23.5 Å². The maximum Gasteiger partial charge on any atom is 0.344 e. The molecule has 1 aromatic heterocycles. The van der Waals surface area contributed by atoms with Crippen molar-refractivity contribution in [2.75, 3.05) is 39.5 Å². The number of furan rings is 1. The van der Waals surface area contributed by atoms with Gasteiger partial charge >= 0.3 is 5.97 Å². The van der Waals surface area contributed by atoms with Crippen LogP contribution in [-0.2, 0) is 31.9 Å². The molecule has 7 nitrogen and oxygen atoms in total. The number of hydrogen-bond donors (Lipinski definition) is 0. The zero-order valence-electron chi connectivity index (χ0n) is 15.2. The summed E-state index contributed by atoms with van der Waals surface area (Å²) in [5.41, 5.74) is 2.10. The zero-order valence-corrected chi connectivity index (χ0v) is 15.2. The Kier molecular flexibility index (Phi) is 5.29. The third kappa shape index (κ3) is 4.08. The number of carbonyl (C=O) groups excluding carboxylic acids is 2. The number of aryl methyl sites for hydroxylation is 2. The standard InChI is InChI=1S/C20H23NO6/c22-19(21-7-9-24-10-8-21)12-26-20(23)13-25-14-5-6-18-16(11-14)15-3-1-2-4-17(15)27-18/h5-6,11H,1-4,7-10,12-13H2. The molecule has 0 bridgehead atoms. The Morgan fingerprint density at radius 2 is 1.89 bits per heavy atom. The molecule has 0 spiro atoms. The molecule has 144 valence electrons. The number of esters is 1. The van der Waals surface area contributed by atoms with Gasteiger partial charge in [0.1, 0.15) is 17.1 Å². The Labute approximate surface area is 157 Å². The summed E-state index contributed by atoms with van der Waals surface area (Å²) in [4.78, 5) is 25.5.